The first kappa shape index (κ1) is 9.56. The van der Waals surface area contributed by atoms with Crippen molar-refractivity contribution in [1.29, 1.82) is 0 Å². The maximum atomic E-state index is 9.57. The number of aliphatic hydroxyl groups excluding tert-OH is 1. The van der Waals surface area contributed by atoms with E-state index in [4.69, 9.17) is 11.6 Å². The van der Waals surface area contributed by atoms with Crippen LogP contribution in [0.5, 0.6) is 0 Å². The predicted molar refractivity (Wildman–Crippen MR) is 51.3 cm³/mol. The van der Waals surface area contributed by atoms with Crippen LogP contribution < -0.4 is 0 Å². The summed E-state index contributed by atoms with van der Waals surface area (Å²) >= 11 is 5.71. The Morgan fingerprint density at radius 2 is 1.92 bits per heavy atom. The molecule has 66 valence electrons. The predicted octanol–water partition coefficient (Wildman–Crippen LogP) is 3.17. The first-order valence-electron chi connectivity index (χ1n) is 4.17. The van der Waals surface area contributed by atoms with E-state index in [1.807, 2.05) is 12.1 Å². The van der Waals surface area contributed by atoms with Crippen molar-refractivity contribution in [2.45, 2.75) is 25.9 Å². The molecular formula is C10H13ClO. The average molecular weight is 185 g/mol. The second kappa shape index (κ2) is 4.48. The van der Waals surface area contributed by atoms with Gasteiger partial charge in [-0.1, -0.05) is 37.1 Å². The highest BCUT2D eigenvalue weighted by Gasteiger charge is 2.04. The number of rotatable bonds is 3. The molecule has 0 radical (unpaired) electrons. The molecule has 1 aromatic rings. The average Bonchev–Trinajstić information content (AvgIpc) is 2.06. The smallest absolute Gasteiger partial charge is 0.0790 e. The molecule has 1 N–H and O–H groups in total. The molecular weight excluding hydrogens is 172 g/mol. The summed E-state index contributed by atoms with van der Waals surface area (Å²) in [6, 6.07) is 7.33. The van der Waals surface area contributed by atoms with Crippen molar-refractivity contribution in [3.05, 3.63) is 34.9 Å². The molecule has 0 saturated heterocycles. The van der Waals surface area contributed by atoms with Gasteiger partial charge in [-0.3, -0.25) is 0 Å². The second-order valence-electron chi connectivity index (χ2n) is 2.86. The van der Waals surface area contributed by atoms with E-state index in [0.29, 0.717) is 5.02 Å². The Labute approximate surface area is 78.0 Å². The zero-order valence-corrected chi connectivity index (χ0v) is 7.88. The number of halogens is 1. The molecule has 2 heteroatoms. The highest BCUT2D eigenvalue weighted by atomic mass is 35.5. The van der Waals surface area contributed by atoms with Crippen LogP contribution in [0.1, 0.15) is 31.4 Å². The molecule has 1 unspecified atom stereocenters. The van der Waals surface area contributed by atoms with Gasteiger partial charge in [0.25, 0.3) is 0 Å². The monoisotopic (exact) mass is 184 g/mol. The minimum Gasteiger partial charge on any atom is -0.388 e. The van der Waals surface area contributed by atoms with Crippen LogP contribution in [0.4, 0.5) is 0 Å². The van der Waals surface area contributed by atoms with Crippen molar-refractivity contribution >= 4 is 11.6 Å². The van der Waals surface area contributed by atoms with Gasteiger partial charge in [0.2, 0.25) is 0 Å². The molecule has 1 atom stereocenters. The molecule has 0 amide bonds. The van der Waals surface area contributed by atoms with Crippen molar-refractivity contribution in [3.63, 3.8) is 0 Å². The Bertz CT molecular complexity index is 230. The minimum atomic E-state index is -0.340. The standard InChI is InChI=1S/C10H13ClO/c1-2-3-10(12)8-4-6-9(11)7-5-8/h4-7,10,12H,2-3H2,1H3. The third-order valence-corrected chi connectivity index (χ3v) is 2.07. The highest BCUT2D eigenvalue weighted by molar-refractivity contribution is 6.30. The Morgan fingerprint density at radius 1 is 1.33 bits per heavy atom. The lowest BCUT2D eigenvalue weighted by molar-refractivity contribution is 0.166. The van der Waals surface area contributed by atoms with Crippen LogP contribution in [0.25, 0.3) is 0 Å². The van der Waals surface area contributed by atoms with Crippen LogP contribution in [0.3, 0.4) is 0 Å². The van der Waals surface area contributed by atoms with Crippen molar-refractivity contribution in [2.24, 2.45) is 0 Å². The Morgan fingerprint density at radius 3 is 2.42 bits per heavy atom. The number of aliphatic hydroxyl groups is 1. The molecule has 0 aliphatic heterocycles. The molecule has 12 heavy (non-hydrogen) atoms. The van der Waals surface area contributed by atoms with Crippen LogP contribution >= 0.6 is 11.6 Å². The van der Waals surface area contributed by atoms with Gasteiger partial charge in [0.1, 0.15) is 0 Å². The summed E-state index contributed by atoms with van der Waals surface area (Å²) in [5.74, 6) is 0. The van der Waals surface area contributed by atoms with E-state index in [2.05, 4.69) is 6.92 Å². The van der Waals surface area contributed by atoms with E-state index >= 15 is 0 Å². The van der Waals surface area contributed by atoms with Crippen LogP contribution in [0.15, 0.2) is 24.3 Å². The molecule has 0 aliphatic rings. The summed E-state index contributed by atoms with van der Waals surface area (Å²) in [6.45, 7) is 2.05. The number of hydrogen-bond donors (Lipinski definition) is 1. The van der Waals surface area contributed by atoms with Crippen molar-refractivity contribution in [2.75, 3.05) is 0 Å². The van der Waals surface area contributed by atoms with Gasteiger partial charge in [0.05, 0.1) is 6.10 Å². The molecule has 0 aromatic heterocycles. The van der Waals surface area contributed by atoms with E-state index in [0.717, 1.165) is 18.4 Å². The maximum Gasteiger partial charge on any atom is 0.0790 e. The maximum absolute atomic E-state index is 9.57. The molecule has 1 rings (SSSR count). The van der Waals surface area contributed by atoms with Gasteiger partial charge in [-0.2, -0.15) is 0 Å². The Kier molecular flexibility index (Phi) is 3.57. The first-order chi connectivity index (χ1) is 5.74. The lowest BCUT2D eigenvalue weighted by Crippen LogP contribution is -1.95. The number of hydrogen-bond acceptors (Lipinski definition) is 1. The SMILES string of the molecule is CCCC(O)c1ccc(Cl)cc1. The van der Waals surface area contributed by atoms with Crippen LogP contribution in [-0.2, 0) is 0 Å². The van der Waals surface area contributed by atoms with Crippen LogP contribution in [0.2, 0.25) is 5.02 Å². The second-order valence-corrected chi connectivity index (χ2v) is 3.29. The summed E-state index contributed by atoms with van der Waals surface area (Å²) in [7, 11) is 0. The van der Waals surface area contributed by atoms with Gasteiger partial charge in [0, 0.05) is 5.02 Å². The van der Waals surface area contributed by atoms with Crippen molar-refractivity contribution < 1.29 is 5.11 Å². The third kappa shape index (κ3) is 2.50. The molecule has 0 fully saturated rings. The van der Waals surface area contributed by atoms with Gasteiger partial charge in [-0.15, -0.1) is 0 Å². The van der Waals surface area contributed by atoms with Crippen LogP contribution in [0, 0.1) is 0 Å². The molecule has 0 saturated carbocycles. The van der Waals surface area contributed by atoms with E-state index in [-0.39, 0.29) is 6.10 Å². The quantitative estimate of drug-likeness (QED) is 0.765. The minimum absolute atomic E-state index is 0.340. The van der Waals surface area contributed by atoms with Gasteiger partial charge < -0.3 is 5.11 Å². The lowest BCUT2D eigenvalue weighted by Gasteiger charge is -2.08. The van der Waals surface area contributed by atoms with E-state index in [1.165, 1.54) is 0 Å². The van der Waals surface area contributed by atoms with E-state index < -0.39 is 0 Å². The summed E-state index contributed by atoms with van der Waals surface area (Å²) in [5.41, 5.74) is 0.946. The van der Waals surface area contributed by atoms with Crippen molar-refractivity contribution in [1.82, 2.24) is 0 Å². The van der Waals surface area contributed by atoms with Gasteiger partial charge >= 0.3 is 0 Å². The van der Waals surface area contributed by atoms with Crippen LogP contribution in [-0.4, -0.2) is 5.11 Å². The first-order valence-corrected chi connectivity index (χ1v) is 4.55. The highest BCUT2D eigenvalue weighted by Crippen LogP contribution is 2.19. The topological polar surface area (TPSA) is 20.2 Å². The third-order valence-electron chi connectivity index (χ3n) is 1.82. The van der Waals surface area contributed by atoms with E-state index in [9.17, 15) is 5.11 Å². The summed E-state index contributed by atoms with van der Waals surface area (Å²) in [5, 5.41) is 10.3. The fourth-order valence-electron chi connectivity index (χ4n) is 1.13. The fourth-order valence-corrected chi connectivity index (χ4v) is 1.25. The largest absolute Gasteiger partial charge is 0.388 e. The molecule has 0 aliphatic carbocycles. The number of benzene rings is 1. The van der Waals surface area contributed by atoms with Gasteiger partial charge in [0.15, 0.2) is 0 Å². The lowest BCUT2D eigenvalue weighted by atomic mass is 10.1. The molecule has 1 aromatic carbocycles. The zero-order chi connectivity index (χ0) is 8.97. The molecule has 0 bridgehead atoms. The summed E-state index contributed by atoms with van der Waals surface area (Å²) in [4.78, 5) is 0. The van der Waals surface area contributed by atoms with Gasteiger partial charge in [-0.25, -0.2) is 0 Å². The fraction of sp³-hybridized carbons (Fsp3) is 0.400. The summed E-state index contributed by atoms with van der Waals surface area (Å²) < 4.78 is 0. The molecule has 0 spiro atoms. The Balaban J connectivity index is 2.68. The Hall–Kier alpha value is -0.530. The molecule has 0 heterocycles. The normalized spacial score (nSPS) is 12.9. The van der Waals surface area contributed by atoms with E-state index in [1.54, 1.807) is 12.1 Å². The summed E-state index contributed by atoms with van der Waals surface area (Å²) in [6.07, 6.45) is 1.46. The zero-order valence-electron chi connectivity index (χ0n) is 7.13. The molecule has 1 nitrogen and oxygen atoms in total. The van der Waals surface area contributed by atoms with Crippen molar-refractivity contribution in [3.8, 4) is 0 Å². The van der Waals surface area contributed by atoms with Gasteiger partial charge in [-0.05, 0) is 24.1 Å².